The highest BCUT2D eigenvalue weighted by Crippen LogP contribution is 2.19. The molecule has 2 rings (SSSR count). The highest BCUT2D eigenvalue weighted by atomic mass is 35.5. The number of carbonyl (C=O) groups excluding carboxylic acids is 1. The average Bonchev–Trinajstić information content (AvgIpc) is 2.71. The molecule has 1 atom stereocenters. The van der Waals surface area contributed by atoms with Crippen LogP contribution in [0.4, 0.5) is 0 Å². The SMILES string of the molecule is CCSc1ncc(Cl)c(C(=O)N[C@@H]2CCS(=O)(=O)C2)n1. The Balaban J connectivity index is 2.11. The lowest BCUT2D eigenvalue weighted by Crippen LogP contribution is -2.36. The smallest absolute Gasteiger partial charge is 0.271 e. The molecule has 1 aliphatic rings. The quantitative estimate of drug-likeness (QED) is 0.656. The number of amides is 1. The van der Waals surface area contributed by atoms with Gasteiger partial charge in [0.1, 0.15) is 0 Å². The van der Waals surface area contributed by atoms with Crippen molar-refractivity contribution in [3.8, 4) is 0 Å². The number of hydrogen-bond acceptors (Lipinski definition) is 6. The van der Waals surface area contributed by atoms with E-state index in [9.17, 15) is 13.2 Å². The number of nitrogens with one attached hydrogen (secondary N) is 1. The molecule has 0 aromatic carbocycles. The van der Waals surface area contributed by atoms with Crippen molar-refractivity contribution < 1.29 is 13.2 Å². The first kappa shape index (κ1) is 15.5. The molecule has 1 saturated heterocycles. The first-order valence-corrected chi connectivity index (χ1v) is 9.26. The molecule has 0 bridgehead atoms. The number of hydrogen-bond donors (Lipinski definition) is 1. The zero-order chi connectivity index (χ0) is 14.8. The zero-order valence-corrected chi connectivity index (χ0v) is 13.2. The van der Waals surface area contributed by atoms with E-state index >= 15 is 0 Å². The van der Waals surface area contributed by atoms with Crippen molar-refractivity contribution in [2.75, 3.05) is 17.3 Å². The maximum Gasteiger partial charge on any atom is 0.271 e. The third-order valence-electron chi connectivity index (χ3n) is 2.78. The van der Waals surface area contributed by atoms with Gasteiger partial charge in [-0.05, 0) is 12.2 Å². The summed E-state index contributed by atoms with van der Waals surface area (Å²) in [6.07, 6.45) is 1.81. The summed E-state index contributed by atoms with van der Waals surface area (Å²) in [5.41, 5.74) is 0.0851. The number of rotatable bonds is 4. The van der Waals surface area contributed by atoms with Gasteiger partial charge in [-0.2, -0.15) is 0 Å². The maximum absolute atomic E-state index is 12.1. The molecule has 0 radical (unpaired) electrons. The van der Waals surface area contributed by atoms with Gasteiger partial charge in [0.25, 0.3) is 5.91 Å². The molecule has 1 amide bonds. The lowest BCUT2D eigenvalue weighted by Gasteiger charge is -2.11. The largest absolute Gasteiger partial charge is 0.347 e. The minimum Gasteiger partial charge on any atom is -0.347 e. The number of carbonyl (C=O) groups is 1. The van der Waals surface area contributed by atoms with Crippen molar-refractivity contribution >= 4 is 39.1 Å². The minimum absolute atomic E-state index is 0.0298. The van der Waals surface area contributed by atoms with Crippen LogP contribution in [0.2, 0.25) is 5.02 Å². The topological polar surface area (TPSA) is 89.0 Å². The average molecular weight is 336 g/mol. The summed E-state index contributed by atoms with van der Waals surface area (Å²) in [6.45, 7) is 1.95. The summed E-state index contributed by atoms with van der Waals surface area (Å²) in [5.74, 6) is 0.394. The Bertz CT molecular complexity index is 621. The summed E-state index contributed by atoms with van der Waals surface area (Å²) in [7, 11) is -3.03. The Morgan fingerprint density at radius 2 is 2.35 bits per heavy atom. The molecule has 0 saturated carbocycles. The lowest BCUT2D eigenvalue weighted by molar-refractivity contribution is 0.0935. The highest BCUT2D eigenvalue weighted by molar-refractivity contribution is 7.99. The number of nitrogens with zero attached hydrogens (tertiary/aromatic N) is 2. The molecular formula is C11H14ClN3O3S2. The van der Waals surface area contributed by atoms with Crippen molar-refractivity contribution in [2.24, 2.45) is 0 Å². The number of aromatic nitrogens is 2. The van der Waals surface area contributed by atoms with Gasteiger partial charge in [-0.1, -0.05) is 30.3 Å². The van der Waals surface area contributed by atoms with Gasteiger partial charge in [-0.15, -0.1) is 0 Å². The van der Waals surface area contributed by atoms with E-state index in [2.05, 4.69) is 15.3 Å². The standard InChI is InChI=1S/C11H14ClN3O3S2/c1-2-19-11-13-5-8(12)9(15-11)10(16)14-7-3-4-20(17,18)6-7/h5,7H,2-4,6H2,1H3,(H,14,16)/t7-/m1/s1. The van der Waals surface area contributed by atoms with Crippen LogP contribution in [0.1, 0.15) is 23.8 Å². The molecule has 1 aliphatic heterocycles. The van der Waals surface area contributed by atoms with E-state index in [0.29, 0.717) is 11.6 Å². The van der Waals surface area contributed by atoms with Crippen molar-refractivity contribution in [1.29, 1.82) is 0 Å². The first-order chi connectivity index (χ1) is 9.41. The molecule has 1 fully saturated rings. The van der Waals surface area contributed by atoms with Crippen LogP contribution in [0.25, 0.3) is 0 Å². The summed E-state index contributed by atoms with van der Waals surface area (Å²) in [6, 6.07) is -0.374. The van der Waals surface area contributed by atoms with Crippen molar-refractivity contribution in [3.63, 3.8) is 0 Å². The summed E-state index contributed by atoms with van der Waals surface area (Å²) in [4.78, 5) is 20.2. The van der Waals surface area contributed by atoms with Gasteiger partial charge < -0.3 is 5.32 Å². The Kier molecular flexibility index (Phi) is 4.87. The fourth-order valence-corrected chi connectivity index (χ4v) is 4.26. The van der Waals surface area contributed by atoms with Crippen LogP contribution in [-0.2, 0) is 9.84 Å². The van der Waals surface area contributed by atoms with Crippen LogP contribution in [0.15, 0.2) is 11.4 Å². The predicted octanol–water partition coefficient (Wildman–Crippen LogP) is 1.16. The van der Waals surface area contributed by atoms with Gasteiger partial charge in [0.05, 0.1) is 22.7 Å². The van der Waals surface area contributed by atoms with E-state index in [4.69, 9.17) is 11.6 Å². The Morgan fingerprint density at radius 1 is 1.60 bits per heavy atom. The molecule has 0 unspecified atom stereocenters. The second-order valence-electron chi connectivity index (χ2n) is 4.36. The second-order valence-corrected chi connectivity index (χ2v) is 8.22. The molecular weight excluding hydrogens is 322 g/mol. The fourth-order valence-electron chi connectivity index (χ4n) is 1.87. The third-order valence-corrected chi connectivity index (χ3v) is 5.57. The van der Waals surface area contributed by atoms with E-state index in [0.717, 1.165) is 5.75 Å². The summed E-state index contributed by atoms with van der Waals surface area (Å²) in [5, 5.41) is 3.29. The predicted molar refractivity (Wildman–Crippen MR) is 78.0 cm³/mol. The van der Waals surface area contributed by atoms with E-state index in [1.807, 2.05) is 6.92 Å². The Hall–Kier alpha value is -0.860. The van der Waals surface area contributed by atoms with Crippen LogP contribution in [0, 0.1) is 0 Å². The molecule has 1 aromatic rings. The van der Waals surface area contributed by atoms with Gasteiger partial charge >= 0.3 is 0 Å². The third kappa shape index (κ3) is 3.83. The molecule has 0 spiro atoms. The number of sulfone groups is 1. The fraction of sp³-hybridized carbons (Fsp3) is 0.545. The Morgan fingerprint density at radius 3 is 2.95 bits per heavy atom. The first-order valence-electron chi connectivity index (χ1n) is 6.08. The van der Waals surface area contributed by atoms with Gasteiger partial charge in [-0.3, -0.25) is 4.79 Å². The van der Waals surface area contributed by atoms with Crippen molar-refractivity contribution in [2.45, 2.75) is 24.5 Å². The van der Waals surface area contributed by atoms with E-state index in [1.54, 1.807) is 0 Å². The van der Waals surface area contributed by atoms with Crippen LogP contribution in [0.5, 0.6) is 0 Å². The van der Waals surface area contributed by atoms with Gasteiger partial charge in [0.2, 0.25) is 0 Å². The highest BCUT2D eigenvalue weighted by Gasteiger charge is 2.30. The lowest BCUT2D eigenvalue weighted by atomic mass is 10.2. The van der Waals surface area contributed by atoms with Crippen LogP contribution >= 0.6 is 23.4 Å². The molecule has 20 heavy (non-hydrogen) atoms. The maximum atomic E-state index is 12.1. The summed E-state index contributed by atoms with van der Waals surface area (Å²) < 4.78 is 22.7. The Labute approximate surface area is 126 Å². The normalized spacial score (nSPS) is 20.8. The molecule has 2 heterocycles. The minimum atomic E-state index is -3.03. The van der Waals surface area contributed by atoms with Crippen LogP contribution < -0.4 is 5.32 Å². The van der Waals surface area contributed by atoms with Crippen LogP contribution in [-0.4, -0.2) is 47.6 Å². The zero-order valence-electron chi connectivity index (χ0n) is 10.8. The molecule has 110 valence electrons. The molecule has 1 aromatic heterocycles. The number of thioether (sulfide) groups is 1. The summed E-state index contributed by atoms with van der Waals surface area (Å²) >= 11 is 7.32. The molecule has 0 aliphatic carbocycles. The molecule has 6 nitrogen and oxygen atoms in total. The van der Waals surface area contributed by atoms with Gasteiger partial charge in [0.15, 0.2) is 20.7 Å². The van der Waals surface area contributed by atoms with Gasteiger partial charge in [0, 0.05) is 6.04 Å². The monoisotopic (exact) mass is 335 g/mol. The van der Waals surface area contributed by atoms with Crippen molar-refractivity contribution in [3.05, 3.63) is 16.9 Å². The van der Waals surface area contributed by atoms with E-state index in [-0.39, 0.29) is 28.3 Å². The molecule has 9 heteroatoms. The second kappa shape index (κ2) is 6.28. The van der Waals surface area contributed by atoms with E-state index in [1.165, 1.54) is 18.0 Å². The van der Waals surface area contributed by atoms with Crippen molar-refractivity contribution in [1.82, 2.24) is 15.3 Å². The van der Waals surface area contributed by atoms with E-state index < -0.39 is 15.7 Å². The van der Waals surface area contributed by atoms with Crippen LogP contribution in [0.3, 0.4) is 0 Å². The molecule has 1 N–H and O–H groups in total. The van der Waals surface area contributed by atoms with Gasteiger partial charge in [-0.25, -0.2) is 18.4 Å². The number of halogens is 1.